The summed E-state index contributed by atoms with van der Waals surface area (Å²) in [5.41, 5.74) is 5.83. The number of hydrogen-bond acceptors (Lipinski definition) is 2. The molecular weight excluding hydrogens is 389 g/mol. The van der Waals surface area contributed by atoms with Crippen LogP contribution in [0.4, 0.5) is 0 Å². The second-order valence-electron chi connectivity index (χ2n) is 7.54. The second kappa shape index (κ2) is 8.65. The van der Waals surface area contributed by atoms with Gasteiger partial charge in [-0.1, -0.05) is 70.8 Å². The van der Waals surface area contributed by atoms with Crippen LogP contribution in [0.3, 0.4) is 0 Å². The molecule has 0 radical (unpaired) electrons. The van der Waals surface area contributed by atoms with Crippen molar-refractivity contribution in [1.29, 1.82) is 0 Å². The molecule has 4 rings (SSSR count). The smallest absolute Gasteiger partial charge is 0.186 e. The highest BCUT2D eigenvalue weighted by Crippen LogP contribution is 2.29. The van der Waals surface area contributed by atoms with Gasteiger partial charge in [-0.05, 0) is 61.4 Å². The normalized spacial score (nSPS) is 18.6. The Bertz CT molecular complexity index is 961. The molecule has 0 aromatic heterocycles. The molecule has 0 unspecified atom stereocenters. The van der Waals surface area contributed by atoms with Crippen LogP contribution in [0, 0.1) is 0 Å². The second-order valence-corrected chi connectivity index (χ2v) is 8.35. The van der Waals surface area contributed by atoms with Crippen LogP contribution < -0.4 is 5.32 Å². The fraction of sp³-hybridized carbons (Fsp3) is 0.292. The summed E-state index contributed by atoms with van der Waals surface area (Å²) >= 11 is 12.1. The van der Waals surface area contributed by atoms with Crippen LogP contribution in [-0.4, -0.2) is 11.8 Å². The summed E-state index contributed by atoms with van der Waals surface area (Å²) in [7, 11) is 0. The maximum Gasteiger partial charge on any atom is 0.186 e. The Morgan fingerprint density at radius 3 is 2.75 bits per heavy atom. The van der Waals surface area contributed by atoms with E-state index < -0.39 is 0 Å². The first-order valence-corrected chi connectivity index (χ1v) is 10.5. The molecule has 0 amide bonds. The monoisotopic (exact) mass is 411 g/mol. The van der Waals surface area contributed by atoms with E-state index in [0.717, 1.165) is 55.3 Å². The lowest BCUT2D eigenvalue weighted by molar-refractivity contribution is 0.104. The first-order valence-electron chi connectivity index (χ1n) is 9.78. The van der Waals surface area contributed by atoms with Crippen molar-refractivity contribution in [1.82, 2.24) is 5.32 Å². The summed E-state index contributed by atoms with van der Waals surface area (Å²) in [4.78, 5) is 12.3. The molecule has 0 spiro atoms. The van der Waals surface area contributed by atoms with Gasteiger partial charge < -0.3 is 5.32 Å². The number of carbonyl (C=O) groups excluding carboxylic acids is 1. The number of nitrogens with one attached hydrogen (secondary N) is 1. The van der Waals surface area contributed by atoms with E-state index in [-0.39, 0.29) is 5.78 Å². The maximum atomic E-state index is 12.3. The van der Waals surface area contributed by atoms with Crippen molar-refractivity contribution in [3.63, 3.8) is 0 Å². The van der Waals surface area contributed by atoms with Crippen LogP contribution in [-0.2, 0) is 13.0 Å². The van der Waals surface area contributed by atoms with Crippen LogP contribution in [0.25, 0.3) is 0 Å². The molecule has 2 aromatic rings. The minimum absolute atomic E-state index is 0.145. The molecule has 144 valence electrons. The van der Waals surface area contributed by atoms with Gasteiger partial charge in [0.2, 0.25) is 0 Å². The quantitative estimate of drug-likeness (QED) is 0.563. The molecule has 0 heterocycles. The minimum atomic E-state index is 0.145. The molecule has 0 bridgehead atoms. The van der Waals surface area contributed by atoms with Gasteiger partial charge >= 0.3 is 0 Å². The van der Waals surface area contributed by atoms with Gasteiger partial charge in [-0.25, -0.2) is 0 Å². The van der Waals surface area contributed by atoms with Crippen LogP contribution in [0.15, 0.2) is 65.8 Å². The topological polar surface area (TPSA) is 29.1 Å². The summed E-state index contributed by atoms with van der Waals surface area (Å²) in [6, 6.07) is 14.1. The third-order valence-electron chi connectivity index (χ3n) is 5.62. The van der Waals surface area contributed by atoms with E-state index in [2.05, 4.69) is 17.5 Å². The van der Waals surface area contributed by atoms with E-state index in [1.807, 2.05) is 42.5 Å². The average molecular weight is 412 g/mol. The van der Waals surface area contributed by atoms with E-state index in [4.69, 9.17) is 23.2 Å². The number of halogens is 2. The fourth-order valence-corrected chi connectivity index (χ4v) is 4.42. The largest absolute Gasteiger partial charge is 0.306 e. The van der Waals surface area contributed by atoms with E-state index >= 15 is 0 Å². The SMILES string of the molecule is O=C1C=C(CCC2=CCC[C@H]2NCc2ccc(Cl)c(Cl)c2)Cc2ccccc21. The summed E-state index contributed by atoms with van der Waals surface area (Å²) in [6.45, 7) is 0.771. The summed E-state index contributed by atoms with van der Waals surface area (Å²) in [5, 5.41) is 4.83. The molecule has 1 atom stereocenters. The van der Waals surface area contributed by atoms with Gasteiger partial charge in [0.1, 0.15) is 0 Å². The molecule has 1 N–H and O–H groups in total. The molecule has 0 fully saturated rings. The van der Waals surface area contributed by atoms with Gasteiger partial charge in [0.05, 0.1) is 10.0 Å². The predicted molar refractivity (Wildman–Crippen MR) is 116 cm³/mol. The number of fused-ring (bicyclic) bond motifs is 1. The predicted octanol–water partition coefficient (Wildman–Crippen LogP) is 6.32. The lowest BCUT2D eigenvalue weighted by Gasteiger charge is -2.20. The Balaban J connectivity index is 1.33. The lowest BCUT2D eigenvalue weighted by Crippen LogP contribution is -2.28. The molecule has 28 heavy (non-hydrogen) atoms. The fourth-order valence-electron chi connectivity index (χ4n) is 4.10. The van der Waals surface area contributed by atoms with Crippen LogP contribution in [0.1, 0.15) is 47.2 Å². The van der Waals surface area contributed by atoms with Gasteiger partial charge in [-0.15, -0.1) is 0 Å². The number of ketones is 1. The zero-order valence-electron chi connectivity index (χ0n) is 15.7. The van der Waals surface area contributed by atoms with Crippen LogP contribution >= 0.6 is 23.2 Å². The van der Waals surface area contributed by atoms with Crippen LogP contribution in [0.5, 0.6) is 0 Å². The number of allylic oxidation sites excluding steroid dienone is 3. The first kappa shape index (κ1) is 19.4. The van der Waals surface area contributed by atoms with Gasteiger partial charge in [0.15, 0.2) is 5.78 Å². The molecule has 0 saturated heterocycles. The van der Waals surface area contributed by atoms with Crippen molar-refractivity contribution >= 4 is 29.0 Å². The third-order valence-corrected chi connectivity index (χ3v) is 6.36. The van der Waals surface area contributed by atoms with Crippen molar-refractivity contribution in [3.8, 4) is 0 Å². The Morgan fingerprint density at radius 1 is 1.04 bits per heavy atom. The summed E-state index contributed by atoms with van der Waals surface area (Å²) in [6.07, 6.45) is 9.25. The minimum Gasteiger partial charge on any atom is -0.306 e. The van der Waals surface area contributed by atoms with Gasteiger partial charge in [-0.3, -0.25) is 4.79 Å². The number of carbonyl (C=O) groups is 1. The van der Waals surface area contributed by atoms with Gasteiger partial charge in [0, 0.05) is 18.2 Å². The van der Waals surface area contributed by atoms with Gasteiger partial charge in [-0.2, -0.15) is 0 Å². The van der Waals surface area contributed by atoms with Crippen molar-refractivity contribution in [2.75, 3.05) is 0 Å². The van der Waals surface area contributed by atoms with Crippen molar-refractivity contribution in [2.45, 2.75) is 44.7 Å². The van der Waals surface area contributed by atoms with E-state index in [9.17, 15) is 4.79 Å². The molecule has 4 heteroatoms. The lowest BCUT2D eigenvalue weighted by atomic mass is 9.88. The van der Waals surface area contributed by atoms with Crippen molar-refractivity contribution < 1.29 is 4.79 Å². The first-order chi connectivity index (χ1) is 13.6. The molecule has 0 saturated carbocycles. The molecular formula is C24H23Cl2NO. The highest BCUT2D eigenvalue weighted by Gasteiger charge is 2.21. The third kappa shape index (κ3) is 4.41. The molecule has 0 aliphatic heterocycles. The Morgan fingerprint density at radius 2 is 1.89 bits per heavy atom. The summed E-state index contributed by atoms with van der Waals surface area (Å²) < 4.78 is 0. The molecule has 2 nitrogen and oxygen atoms in total. The van der Waals surface area contributed by atoms with Crippen molar-refractivity contribution in [2.24, 2.45) is 0 Å². The molecule has 2 aliphatic rings. The number of benzene rings is 2. The molecule has 2 aromatic carbocycles. The summed E-state index contributed by atoms with van der Waals surface area (Å²) in [5.74, 6) is 0.145. The highest BCUT2D eigenvalue weighted by molar-refractivity contribution is 6.42. The molecule has 2 aliphatic carbocycles. The average Bonchev–Trinajstić information content (AvgIpc) is 3.15. The van der Waals surface area contributed by atoms with Crippen LogP contribution in [0.2, 0.25) is 10.0 Å². The Hall–Kier alpha value is -1.87. The number of rotatable bonds is 6. The van der Waals surface area contributed by atoms with Gasteiger partial charge in [0.25, 0.3) is 0 Å². The van der Waals surface area contributed by atoms with Crippen molar-refractivity contribution in [3.05, 3.63) is 92.5 Å². The zero-order valence-corrected chi connectivity index (χ0v) is 17.2. The zero-order chi connectivity index (χ0) is 19.5. The maximum absolute atomic E-state index is 12.3. The van der Waals surface area contributed by atoms with E-state index in [1.54, 1.807) is 0 Å². The van der Waals surface area contributed by atoms with E-state index in [0.29, 0.717) is 16.1 Å². The highest BCUT2D eigenvalue weighted by atomic mass is 35.5. The standard InChI is InChI=1S/C24H23Cl2NO/c25-21-11-9-17(13-22(21)26)15-27-23-7-3-5-18(23)10-8-16-12-19-4-1-2-6-20(19)24(28)14-16/h1-2,4-6,9,11,13-14,23,27H,3,7-8,10,12,15H2/t23-/m1/s1. The van der Waals surface area contributed by atoms with E-state index in [1.165, 1.54) is 11.1 Å². The Labute approximate surface area is 176 Å². The Kier molecular flexibility index (Phi) is 6.01. The number of hydrogen-bond donors (Lipinski definition) is 1.